The molecule has 0 amide bonds. The highest BCUT2D eigenvalue weighted by molar-refractivity contribution is 5.44. The third kappa shape index (κ3) is 4.75. The summed E-state index contributed by atoms with van der Waals surface area (Å²) in [7, 11) is 0. The van der Waals surface area contributed by atoms with Gasteiger partial charge in [0.15, 0.2) is 0 Å². The summed E-state index contributed by atoms with van der Waals surface area (Å²) >= 11 is 0. The summed E-state index contributed by atoms with van der Waals surface area (Å²) in [6.45, 7) is 0. The minimum absolute atomic E-state index is 0.315. The van der Waals surface area contributed by atoms with Gasteiger partial charge in [-0.25, -0.2) is 0 Å². The molecule has 0 aliphatic carbocycles. The van der Waals surface area contributed by atoms with E-state index < -0.39 is 68.7 Å². The first-order valence-electron chi connectivity index (χ1n) is 7.49. The molecule has 0 spiro atoms. The Kier molecular flexibility index (Phi) is 5.62. The van der Waals surface area contributed by atoms with Crippen LogP contribution in [0, 0.1) is 20.2 Å². The molecule has 2 rings (SSSR count). The predicted octanol–water partition coefficient (Wildman–Crippen LogP) is 5.33. The molecule has 6 nitrogen and oxygen atoms in total. The minimum Gasteiger partial charge on any atom is -0.258 e. The summed E-state index contributed by atoms with van der Waals surface area (Å²) in [5.41, 5.74) is -5.10. The molecule has 0 heterocycles. The summed E-state index contributed by atoms with van der Waals surface area (Å²) in [4.78, 5) is 19.3. The number of hydrogen-bond acceptors (Lipinski definition) is 4. The van der Waals surface area contributed by atoms with Crippen LogP contribution in [0.5, 0.6) is 0 Å². The zero-order chi connectivity index (χ0) is 21.3. The van der Waals surface area contributed by atoms with Crippen LogP contribution in [-0.4, -0.2) is 9.85 Å². The second kappa shape index (κ2) is 7.44. The highest BCUT2D eigenvalue weighted by Gasteiger charge is 2.36. The zero-order valence-electron chi connectivity index (χ0n) is 13.7. The van der Waals surface area contributed by atoms with Crippen LogP contribution >= 0.6 is 0 Å². The first kappa shape index (κ1) is 21.1. The fourth-order valence-corrected chi connectivity index (χ4v) is 2.59. The van der Waals surface area contributed by atoms with E-state index in [4.69, 9.17) is 0 Å². The Balaban J connectivity index is 2.41. The monoisotopic (exact) mass is 408 g/mol. The second-order valence-electron chi connectivity index (χ2n) is 5.69. The summed E-state index contributed by atoms with van der Waals surface area (Å²) in [6.07, 6.45) is -10.9. The Labute approximate surface area is 152 Å². The van der Waals surface area contributed by atoms with Crippen molar-refractivity contribution in [3.8, 4) is 0 Å². The van der Waals surface area contributed by atoms with Crippen LogP contribution in [0.4, 0.5) is 37.7 Å². The van der Waals surface area contributed by atoms with Crippen LogP contribution in [0.3, 0.4) is 0 Å². The molecular weight excluding hydrogens is 398 g/mol. The van der Waals surface area contributed by atoms with E-state index in [1.54, 1.807) is 0 Å². The van der Waals surface area contributed by atoms with Gasteiger partial charge in [-0.15, -0.1) is 0 Å². The van der Waals surface area contributed by atoms with Gasteiger partial charge in [-0.3, -0.25) is 20.2 Å². The van der Waals surface area contributed by atoms with Crippen molar-refractivity contribution >= 4 is 11.4 Å². The van der Waals surface area contributed by atoms with Crippen molar-refractivity contribution in [1.29, 1.82) is 0 Å². The van der Waals surface area contributed by atoms with E-state index >= 15 is 0 Å². The molecule has 0 N–H and O–H groups in total. The van der Waals surface area contributed by atoms with Crippen molar-refractivity contribution in [3.63, 3.8) is 0 Å². The SMILES string of the molecule is O=[N+]([O-])c1ccc(CCc2ccc([N+](=O)[O-])cc2C(F)(F)F)c(C(F)(F)F)c1. The standard InChI is InChI=1S/C16H10F6N2O4/c17-15(18,19)13-7-11(23(25)26)5-3-9(13)1-2-10-4-6-12(24(27)28)8-14(10)16(20,21)22/h3-8H,1-2H2. The van der Waals surface area contributed by atoms with Crippen LogP contribution < -0.4 is 0 Å². The summed E-state index contributed by atoms with van der Waals surface area (Å²) in [6, 6.07) is 3.95. The van der Waals surface area contributed by atoms with Gasteiger partial charge >= 0.3 is 12.4 Å². The molecule has 0 fully saturated rings. The fraction of sp³-hybridized carbons (Fsp3) is 0.250. The quantitative estimate of drug-likeness (QED) is 0.380. The lowest BCUT2D eigenvalue weighted by Gasteiger charge is -2.15. The van der Waals surface area contributed by atoms with E-state index in [1.807, 2.05) is 0 Å². The predicted molar refractivity (Wildman–Crippen MR) is 83.6 cm³/mol. The van der Waals surface area contributed by atoms with Crippen LogP contribution in [0.15, 0.2) is 36.4 Å². The fourth-order valence-electron chi connectivity index (χ4n) is 2.59. The highest BCUT2D eigenvalue weighted by atomic mass is 19.4. The van der Waals surface area contributed by atoms with Gasteiger partial charge in [0.2, 0.25) is 0 Å². The van der Waals surface area contributed by atoms with Gasteiger partial charge in [-0.2, -0.15) is 26.3 Å². The van der Waals surface area contributed by atoms with E-state index in [0.717, 1.165) is 24.3 Å². The smallest absolute Gasteiger partial charge is 0.258 e. The van der Waals surface area contributed by atoms with E-state index in [-0.39, 0.29) is 0 Å². The molecule has 0 unspecified atom stereocenters. The van der Waals surface area contributed by atoms with E-state index in [9.17, 15) is 46.6 Å². The first-order chi connectivity index (χ1) is 12.8. The molecule has 2 aromatic rings. The van der Waals surface area contributed by atoms with Gasteiger partial charge in [0.25, 0.3) is 11.4 Å². The molecule has 12 heteroatoms. The van der Waals surface area contributed by atoms with Gasteiger partial charge in [0.05, 0.1) is 21.0 Å². The number of rotatable bonds is 5. The molecule has 0 radical (unpaired) electrons. The molecule has 0 aliphatic heterocycles. The lowest BCUT2D eigenvalue weighted by molar-refractivity contribution is -0.385. The molecule has 0 saturated heterocycles. The summed E-state index contributed by atoms with van der Waals surface area (Å²) < 4.78 is 78.9. The van der Waals surface area contributed by atoms with E-state index in [1.165, 1.54) is 0 Å². The minimum atomic E-state index is -4.94. The molecular formula is C16H10F6N2O4. The molecule has 0 saturated carbocycles. The number of non-ortho nitro benzene ring substituents is 2. The molecule has 0 atom stereocenters. The average molecular weight is 408 g/mol. The summed E-state index contributed by atoms with van der Waals surface area (Å²) in [5, 5.41) is 21.3. The van der Waals surface area contributed by atoms with Gasteiger partial charge in [-0.05, 0) is 24.0 Å². The maximum Gasteiger partial charge on any atom is 0.416 e. The first-order valence-corrected chi connectivity index (χ1v) is 7.49. The highest BCUT2D eigenvalue weighted by Crippen LogP contribution is 2.37. The number of halogens is 6. The van der Waals surface area contributed by atoms with Crippen LogP contribution in [-0.2, 0) is 25.2 Å². The van der Waals surface area contributed by atoms with Gasteiger partial charge in [-0.1, -0.05) is 12.1 Å². The van der Waals surface area contributed by atoms with E-state index in [2.05, 4.69) is 0 Å². The van der Waals surface area contributed by atoms with Crippen molar-refractivity contribution < 1.29 is 36.2 Å². The summed E-state index contributed by atoms with van der Waals surface area (Å²) in [5.74, 6) is 0. The zero-order valence-corrected chi connectivity index (χ0v) is 13.7. The Morgan fingerprint density at radius 3 is 1.25 bits per heavy atom. The molecule has 150 valence electrons. The van der Waals surface area contributed by atoms with Crippen molar-refractivity contribution in [2.45, 2.75) is 25.2 Å². The molecule has 0 aromatic heterocycles. The normalized spacial score (nSPS) is 12.1. The van der Waals surface area contributed by atoms with Gasteiger partial charge in [0, 0.05) is 24.3 Å². The van der Waals surface area contributed by atoms with Crippen molar-refractivity contribution in [2.75, 3.05) is 0 Å². The van der Waals surface area contributed by atoms with E-state index in [0.29, 0.717) is 12.1 Å². The van der Waals surface area contributed by atoms with Gasteiger partial charge < -0.3 is 0 Å². The number of hydrogen-bond donors (Lipinski definition) is 0. The Hall–Kier alpha value is -3.18. The molecule has 0 bridgehead atoms. The van der Waals surface area contributed by atoms with Crippen LogP contribution in [0.2, 0.25) is 0 Å². The average Bonchev–Trinajstić information content (AvgIpc) is 2.57. The number of nitro benzene ring substituents is 2. The number of benzene rings is 2. The Morgan fingerprint density at radius 2 is 1.00 bits per heavy atom. The van der Waals surface area contributed by atoms with Crippen LogP contribution in [0.25, 0.3) is 0 Å². The number of alkyl halides is 6. The number of nitrogens with zero attached hydrogens (tertiary/aromatic N) is 2. The van der Waals surface area contributed by atoms with Crippen molar-refractivity contribution in [2.24, 2.45) is 0 Å². The molecule has 28 heavy (non-hydrogen) atoms. The Morgan fingerprint density at radius 1 is 0.679 bits per heavy atom. The Bertz CT molecular complexity index is 849. The van der Waals surface area contributed by atoms with Crippen molar-refractivity contribution in [3.05, 3.63) is 78.9 Å². The maximum atomic E-state index is 13.2. The van der Waals surface area contributed by atoms with Gasteiger partial charge in [0.1, 0.15) is 0 Å². The third-order valence-electron chi connectivity index (χ3n) is 3.88. The maximum absolute atomic E-state index is 13.2. The number of aryl methyl sites for hydroxylation is 2. The molecule has 0 aliphatic rings. The lowest BCUT2D eigenvalue weighted by Crippen LogP contribution is -2.13. The lowest BCUT2D eigenvalue weighted by atomic mass is 9.96. The van der Waals surface area contributed by atoms with Crippen LogP contribution in [0.1, 0.15) is 22.3 Å². The molecule has 2 aromatic carbocycles. The number of nitro groups is 2. The largest absolute Gasteiger partial charge is 0.416 e. The van der Waals surface area contributed by atoms with Crippen molar-refractivity contribution in [1.82, 2.24) is 0 Å². The third-order valence-corrected chi connectivity index (χ3v) is 3.88. The topological polar surface area (TPSA) is 86.3 Å². The second-order valence-corrected chi connectivity index (χ2v) is 5.69.